The van der Waals surface area contributed by atoms with Crippen molar-refractivity contribution in [2.24, 2.45) is 0 Å². The average Bonchev–Trinajstić information content (AvgIpc) is 2.99. The van der Waals surface area contributed by atoms with Crippen molar-refractivity contribution in [3.05, 3.63) is 42.1 Å². The molecule has 5 heteroatoms. The van der Waals surface area contributed by atoms with E-state index in [1.807, 2.05) is 29.1 Å². The number of rotatable bonds is 7. The normalized spacial score (nSPS) is 12.8. The molecule has 0 spiro atoms. The molecule has 0 aliphatic carbocycles. The van der Waals surface area contributed by atoms with Gasteiger partial charge >= 0.3 is 0 Å². The first kappa shape index (κ1) is 13.2. The van der Waals surface area contributed by atoms with Crippen molar-refractivity contribution in [2.45, 2.75) is 31.8 Å². The van der Waals surface area contributed by atoms with Gasteiger partial charge in [0.1, 0.15) is 11.5 Å². The van der Waals surface area contributed by atoms with Crippen molar-refractivity contribution in [1.29, 1.82) is 0 Å². The van der Waals surface area contributed by atoms with Gasteiger partial charge in [-0.1, -0.05) is 0 Å². The Morgan fingerprint density at radius 2 is 2.28 bits per heavy atom. The zero-order valence-electron chi connectivity index (χ0n) is 10.8. The Labute approximate surface area is 112 Å². The van der Waals surface area contributed by atoms with Gasteiger partial charge in [-0.3, -0.25) is 4.68 Å². The highest BCUT2D eigenvalue weighted by atomic mass is 32.2. The second-order valence-electron chi connectivity index (χ2n) is 4.31. The molecular weight excluding hydrogens is 246 g/mol. The minimum atomic E-state index is 0.360. The van der Waals surface area contributed by atoms with Crippen LogP contribution in [0.5, 0.6) is 0 Å². The van der Waals surface area contributed by atoms with Crippen LogP contribution in [0.25, 0.3) is 0 Å². The fourth-order valence-electron chi connectivity index (χ4n) is 1.77. The second kappa shape index (κ2) is 6.66. The van der Waals surface area contributed by atoms with Crippen molar-refractivity contribution in [3.8, 4) is 0 Å². The molecule has 4 nitrogen and oxygen atoms in total. The molecule has 2 heterocycles. The standard InChI is InChI=1S/C13H19N3OS/c1-11(9-16-7-3-6-15-16)14-8-12-4-5-13(17-12)10-18-2/h3-7,11,14H,8-10H2,1-2H3/t11-/m0/s1. The first-order valence-corrected chi connectivity index (χ1v) is 7.44. The summed E-state index contributed by atoms with van der Waals surface area (Å²) in [5.41, 5.74) is 0. The molecule has 0 aliphatic heterocycles. The summed E-state index contributed by atoms with van der Waals surface area (Å²) < 4.78 is 7.63. The molecule has 2 aromatic heterocycles. The van der Waals surface area contributed by atoms with E-state index >= 15 is 0 Å². The summed E-state index contributed by atoms with van der Waals surface area (Å²) in [5, 5.41) is 7.62. The first-order chi connectivity index (χ1) is 8.78. The first-order valence-electron chi connectivity index (χ1n) is 6.05. The highest BCUT2D eigenvalue weighted by Crippen LogP contribution is 2.13. The lowest BCUT2D eigenvalue weighted by molar-refractivity contribution is 0.407. The molecule has 0 aromatic carbocycles. The molecule has 0 radical (unpaired) electrons. The van der Waals surface area contributed by atoms with Crippen LogP contribution in [-0.4, -0.2) is 22.1 Å². The fraction of sp³-hybridized carbons (Fsp3) is 0.462. The zero-order valence-corrected chi connectivity index (χ0v) is 11.6. The molecule has 0 saturated heterocycles. The summed E-state index contributed by atoms with van der Waals surface area (Å²) in [6.45, 7) is 3.77. The predicted octanol–water partition coefficient (Wildman–Crippen LogP) is 2.52. The van der Waals surface area contributed by atoms with Gasteiger partial charge in [-0.25, -0.2) is 0 Å². The number of thioether (sulfide) groups is 1. The summed E-state index contributed by atoms with van der Waals surface area (Å²) in [6.07, 6.45) is 5.85. The molecule has 1 N–H and O–H groups in total. The van der Waals surface area contributed by atoms with Gasteiger partial charge in [0, 0.05) is 18.4 Å². The van der Waals surface area contributed by atoms with Crippen LogP contribution in [0.3, 0.4) is 0 Å². The molecule has 2 aromatic rings. The van der Waals surface area contributed by atoms with Crippen molar-refractivity contribution in [3.63, 3.8) is 0 Å². The third-order valence-corrected chi connectivity index (χ3v) is 3.22. The van der Waals surface area contributed by atoms with Crippen molar-refractivity contribution >= 4 is 11.8 Å². The Hall–Kier alpha value is -1.20. The minimum absolute atomic E-state index is 0.360. The van der Waals surface area contributed by atoms with E-state index in [0.29, 0.717) is 6.04 Å². The van der Waals surface area contributed by atoms with Crippen LogP contribution in [0, 0.1) is 0 Å². The van der Waals surface area contributed by atoms with E-state index < -0.39 is 0 Å². The molecule has 18 heavy (non-hydrogen) atoms. The Bertz CT molecular complexity index is 453. The van der Waals surface area contributed by atoms with E-state index in [1.54, 1.807) is 18.0 Å². The average molecular weight is 265 g/mol. The largest absolute Gasteiger partial charge is 0.464 e. The van der Waals surface area contributed by atoms with E-state index in [0.717, 1.165) is 30.4 Å². The van der Waals surface area contributed by atoms with Crippen LogP contribution < -0.4 is 5.32 Å². The highest BCUT2D eigenvalue weighted by molar-refractivity contribution is 7.97. The molecule has 98 valence electrons. The number of hydrogen-bond acceptors (Lipinski definition) is 4. The predicted molar refractivity (Wildman–Crippen MR) is 74.5 cm³/mol. The van der Waals surface area contributed by atoms with Gasteiger partial charge in [-0.2, -0.15) is 16.9 Å². The van der Waals surface area contributed by atoms with Gasteiger partial charge in [0.05, 0.1) is 18.8 Å². The fourth-order valence-corrected chi connectivity index (χ4v) is 2.21. The second-order valence-corrected chi connectivity index (χ2v) is 5.18. The summed E-state index contributed by atoms with van der Waals surface area (Å²) in [7, 11) is 0. The molecule has 0 aliphatic rings. The number of nitrogens with zero attached hydrogens (tertiary/aromatic N) is 2. The number of aromatic nitrogens is 2. The molecule has 2 rings (SSSR count). The Kier molecular flexibility index (Phi) is 4.90. The summed E-state index contributed by atoms with van der Waals surface area (Å²) in [5.74, 6) is 2.97. The van der Waals surface area contributed by atoms with Gasteiger partial charge < -0.3 is 9.73 Å². The van der Waals surface area contributed by atoms with Gasteiger partial charge in [-0.05, 0) is 31.4 Å². The van der Waals surface area contributed by atoms with Gasteiger partial charge in [-0.15, -0.1) is 0 Å². The van der Waals surface area contributed by atoms with Gasteiger partial charge in [0.15, 0.2) is 0 Å². The summed E-state index contributed by atoms with van der Waals surface area (Å²) in [4.78, 5) is 0. The smallest absolute Gasteiger partial charge is 0.118 e. The van der Waals surface area contributed by atoms with E-state index in [2.05, 4.69) is 23.6 Å². The van der Waals surface area contributed by atoms with Crippen LogP contribution in [0.15, 0.2) is 35.0 Å². The van der Waals surface area contributed by atoms with Crippen molar-refractivity contribution in [1.82, 2.24) is 15.1 Å². The lowest BCUT2D eigenvalue weighted by Gasteiger charge is -2.12. The lowest BCUT2D eigenvalue weighted by Crippen LogP contribution is -2.29. The Morgan fingerprint density at radius 1 is 1.44 bits per heavy atom. The van der Waals surface area contributed by atoms with E-state index in [1.165, 1.54) is 0 Å². The summed E-state index contributed by atoms with van der Waals surface area (Å²) in [6, 6.07) is 6.39. The van der Waals surface area contributed by atoms with Crippen molar-refractivity contribution < 1.29 is 4.42 Å². The van der Waals surface area contributed by atoms with Gasteiger partial charge in [0.2, 0.25) is 0 Å². The minimum Gasteiger partial charge on any atom is -0.464 e. The topological polar surface area (TPSA) is 43.0 Å². The number of furan rings is 1. The van der Waals surface area contributed by atoms with Crippen molar-refractivity contribution in [2.75, 3.05) is 6.26 Å². The highest BCUT2D eigenvalue weighted by Gasteiger charge is 2.05. The quantitative estimate of drug-likeness (QED) is 0.835. The van der Waals surface area contributed by atoms with Crippen LogP contribution in [0.1, 0.15) is 18.4 Å². The zero-order chi connectivity index (χ0) is 12.8. The maximum atomic E-state index is 5.70. The number of hydrogen-bond donors (Lipinski definition) is 1. The molecular formula is C13H19N3OS. The molecule has 0 saturated carbocycles. The van der Waals surface area contributed by atoms with E-state index in [4.69, 9.17) is 4.42 Å². The molecule has 0 unspecified atom stereocenters. The van der Waals surface area contributed by atoms with Crippen LogP contribution in [-0.2, 0) is 18.8 Å². The SMILES string of the molecule is CSCc1ccc(CN[C@@H](C)Cn2cccn2)o1. The van der Waals surface area contributed by atoms with Crippen LogP contribution in [0.4, 0.5) is 0 Å². The molecule has 0 amide bonds. The monoisotopic (exact) mass is 265 g/mol. The third-order valence-electron chi connectivity index (χ3n) is 2.65. The number of nitrogens with one attached hydrogen (secondary N) is 1. The van der Waals surface area contributed by atoms with E-state index in [9.17, 15) is 0 Å². The van der Waals surface area contributed by atoms with E-state index in [-0.39, 0.29) is 0 Å². The maximum absolute atomic E-state index is 5.70. The van der Waals surface area contributed by atoms with Gasteiger partial charge in [0.25, 0.3) is 0 Å². The summed E-state index contributed by atoms with van der Waals surface area (Å²) >= 11 is 1.77. The molecule has 0 fully saturated rings. The maximum Gasteiger partial charge on any atom is 0.118 e. The third kappa shape index (κ3) is 3.92. The Balaban J connectivity index is 1.76. The molecule has 0 bridgehead atoms. The van der Waals surface area contributed by atoms with Crippen LogP contribution in [0.2, 0.25) is 0 Å². The van der Waals surface area contributed by atoms with Crippen LogP contribution >= 0.6 is 11.8 Å². The lowest BCUT2D eigenvalue weighted by atomic mass is 10.3. The Morgan fingerprint density at radius 3 is 3.00 bits per heavy atom. The molecule has 1 atom stereocenters.